The zero-order chi connectivity index (χ0) is 41.9. The average molecular weight is 807 g/mol. The molecule has 6 rings (SSSR count). The summed E-state index contributed by atoms with van der Waals surface area (Å²) in [6, 6.07) is 35.4. The molecule has 0 radical (unpaired) electrons. The first kappa shape index (κ1) is 41.4. The first-order chi connectivity index (χ1) is 27.3. The number of aromatic nitrogens is 2. The summed E-state index contributed by atoms with van der Waals surface area (Å²) in [5.41, 5.74) is 7.36. The van der Waals surface area contributed by atoms with Gasteiger partial charge in [0.25, 0.3) is 20.0 Å². The Balaban J connectivity index is 1.31. The minimum Gasteiger partial charge on any atom is -0.278 e. The highest BCUT2D eigenvalue weighted by atomic mass is 32.2. The average Bonchev–Trinajstić information content (AvgIpc) is 3.16. The SMILES string of the molecule is Cc1ccc(S(=O)(=O)Nc2ccc(C(C)(C)C)cc2C#Cc2cccc(-c3cccc(C#Cc4cc(C(C)(C)C)ccc4NS(=O)(=O)c4ccc(C)cc4)n3)n2)cc1. The van der Waals surface area contributed by atoms with Gasteiger partial charge in [0.2, 0.25) is 0 Å². The Labute approximate surface area is 343 Å². The molecule has 2 heterocycles. The second-order valence-electron chi connectivity index (χ2n) is 16.2. The molecule has 0 fully saturated rings. The Morgan fingerprint density at radius 1 is 0.466 bits per heavy atom. The van der Waals surface area contributed by atoms with Gasteiger partial charge in [0.05, 0.1) is 32.6 Å². The second kappa shape index (κ2) is 16.3. The molecule has 0 spiro atoms. The van der Waals surface area contributed by atoms with Gasteiger partial charge in [0.15, 0.2) is 0 Å². The van der Waals surface area contributed by atoms with Gasteiger partial charge in [-0.15, -0.1) is 0 Å². The van der Waals surface area contributed by atoms with Crippen LogP contribution in [0.2, 0.25) is 0 Å². The van der Waals surface area contributed by atoms with Crippen molar-refractivity contribution >= 4 is 31.4 Å². The molecule has 0 saturated carbocycles. The molecule has 0 aliphatic rings. The fourth-order valence-corrected chi connectivity index (χ4v) is 7.96. The molecular formula is C48H46N4O4S2. The molecule has 10 heteroatoms. The van der Waals surface area contributed by atoms with Gasteiger partial charge in [0, 0.05) is 11.1 Å². The summed E-state index contributed by atoms with van der Waals surface area (Å²) in [6.45, 7) is 16.3. The van der Waals surface area contributed by atoms with Crippen molar-refractivity contribution in [3.8, 4) is 35.1 Å². The van der Waals surface area contributed by atoms with E-state index in [0.29, 0.717) is 45.3 Å². The third-order valence-electron chi connectivity index (χ3n) is 9.33. The van der Waals surface area contributed by atoms with Gasteiger partial charge in [-0.2, -0.15) is 0 Å². The minimum absolute atomic E-state index is 0.160. The van der Waals surface area contributed by atoms with E-state index >= 15 is 0 Å². The predicted molar refractivity (Wildman–Crippen MR) is 234 cm³/mol. The number of hydrogen-bond acceptors (Lipinski definition) is 6. The molecule has 0 bridgehead atoms. The van der Waals surface area contributed by atoms with Crippen LogP contribution in [0.25, 0.3) is 11.4 Å². The van der Waals surface area contributed by atoms with E-state index in [2.05, 4.69) is 74.7 Å². The Hall–Kier alpha value is -6.20. The van der Waals surface area contributed by atoms with E-state index in [9.17, 15) is 16.8 Å². The second-order valence-corrected chi connectivity index (χ2v) is 19.5. The molecule has 4 aromatic carbocycles. The van der Waals surface area contributed by atoms with E-state index in [0.717, 1.165) is 22.3 Å². The summed E-state index contributed by atoms with van der Waals surface area (Å²) < 4.78 is 58.9. The van der Waals surface area contributed by atoms with Crippen molar-refractivity contribution in [3.05, 3.63) is 166 Å². The number of hydrogen-bond donors (Lipinski definition) is 2. The largest absolute Gasteiger partial charge is 0.278 e. The summed E-state index contributed by atoms with van der Waals surface area (Å²) >= 11 is 0. The lowest BCUT2D eigenvalue weighted by Crippen LogP contribution is -2.15. The molecule has 0 saturated heterocycles. The maximum atomic E-state index is 13.4. The van der Waals surface area contributed by atoms with Crippen molar-refractivity contribution in [3.63, 3.8) is 0 Å². The van der Waals surface area contributed by atoms with Crippen LogP contribution in [0.1, 0.15) is 86.3 Å². The molecule has 0 unspecified atom stereocenters. The molecule has 2 aromatic heterocycles. The van der Waals surface area contributed by atoms with Gasteiger partial charge in [0.1, 0.15) is 11.4 Å². The zero-order valence-electron chi connectivity index (χ0n) is 33.9. The van der Waals surface area contributed by atoms with Gasteiger partial charge < -0.3 is 0 Å². The van der Waals surface area contributed by atoms with E-state index in [1.807, 2.05) is 62.4 Å². The van der Waals surface area contributed by atoms with E-state index in [4.69, 9.17) is 9.97 Å². The Morgan fingerprint density at radius 2 is 0.828 bits per heavy atom. The van der Waals surface area contributed by atoms with E-state index < -0.39 is 20.0 Å². The maximum absolute atomic E-state index is 13.4. The van der Waals surface area contributed by atoms with Crippen molar-refractivity contribution in [2.75, 3.05) is 9.44 Å². The highest BCUT2D eigenvalue weighted by Crippen LogP contribution is 2.30. The van der Waals surface area contributed by atoms with Gasteiger partial charge in [-0.05, 0) is 120 Å². The number of anilines is 2. The van der Waals surface area contributed by atoms with Crippen LogP contribution < -0.4 is 9.44 Å². The molecule has 0 aliphatic heterocycles. The number of nitrogens with one attached hydrogen (secondary N) is 2. The summed E-state index contributed by atoms with van der Waals surface area (Å²) in [7, 11) is -7.74. The number of aryl methyl sites for hydroxylation is 2. The highest BCUT2D eigenvalue weighted by molar-refractivity contribution is 7.93. The standard InChI is InChI=1S/C48H46N4O4S2/c1-33-15-25-41(26-16-33)57(53,54)51-43-29-21-37(47(3,4)5)31-35(43)19-23-39-11-9-13-45(49-39)46-14-10-12-40(50-46)24-20-36-32-38(48(6,7)8)22-30-44(36)52-58(55,56)42-27-17-34(2)18-28-42/h9-18,21-22,25-32,51-52H,1-8H3. The zero-order valence-corrected chi connectivity index (χ0v) is 35.5. The van der Waals surface area contributed by atoms with Crippen molar-refractivity contribution < 1.29 is 16.8 Å². The maximum Gasteiger partial charge on any atom is 0.261 e. The lowest BCUT2D eigenvalue weighted by atomic mass is 9.86. The number of pyridine rings is 2. The molecule has 6 aromatic rings. The van der Waals surface area contributed by atoms with Gasteiger partial charge >= 0.3 is 0 Å². The van der Waals surface area contributed by atoms with Crippen LogP contribution in [-0.4, -0.2) is 26.8 Å². The van der Waals surface area contributed by atoms with Crippen LogP contribution in [-0.2, 0) is 30.9 Å². The molecule has 2 N–H and O–H groups in total. The van der Waals surface area contributed by atoms with Crippen molar-refractivity contribution in [1.29, 1.82) is 0 Å². The molecule has 0 aliphatic carbocycles. The van der Waals surface area contributed by atoms with E-state index in [-0.39, 0.29) is 20.6 Å². The first-order valence-corrected chi connectivity index (χ1v) is 21.7. The summed E-state index contributed by atoms with van der Waals surface area (Å²) in [6.07, 6.45) is 0. The minimum atomic E-state index is -3.87. The van der Waals surface area contributed by atoms with Crippen molar-refractivity contribution in [2.24, 2.45) is 0 Å². The first-order valence-electron chi connectivity index (χ1n) is 18.7. The molecule has 0 amide bonds. The number of rotatable bonds is 7. The van der Waals surface area contributed by atoms with E-state index in [1.165, 1.54) is 0 Å². The van der Waals surface area contributed by atoms with Crippen molar-refractivity contribution in [2.45, 2.75) is 76.0 Å². The van der Waals surface area contributed by atoms with Crippen LogP contribution in [0.15, 0.2) is 131 Å². The van der Waals surface area contributed by atoms with Crippen LogP contribution in [0.3, 0.4) is 0 Å². The van der Waals surface area contributed by atoms with E-state index in [1.54, 1.807) is 72.8 Å². The third-order valence-corrected chi connectivity index (χ3v) is 12.1. The lowest BCUT2D eigenvalue weighted by Gasteiger charge is -2.20. The van der Waals surface area contributed by atoms with Crippen LogP contribution in [0.5, 0.6) is 0 Å². The Bertz CT molecular complexity index is 2650. The lowest BCUT2D eigenvalue weighted by molar-refractivity contribution is 0.590. The summed E-state index contributed by atoms with van der Waals surface area (Å²) in [4.78, 5) is 9.87. The Kier molecular flexibility index (Phi) is 11.7. The molecule has 0 atom stereocenters. The number of sulfonamides is 2. The quantitative estimate of drug-likeness (QED) is 0.155. The van der Waals surface area contributed by atoms with Crippen molar-refractivity contribution in [1.82, 2.24) is 9.97 Å². The predicted octanol–water partition coefficient (Wildman–Crippen LogP) is 9.76. The molecule has 58 heavy (non-hydrogen) atoms. The number of nitrogens with zero attached hydrogens (tertiary/aromatic N) is 2. The smallest absolute Gasteiger partial charge is 0.261 e. The summed E-state index contributed by atoms with van der Waals surface area (Å²) in [5, 5.41) is 0. The monoisotopic (exact) mass is 806 g/mol. The number of benzene rings is 4. The van der Waals surface area contributed by atoms with Crippen LogP contribution in [0, 0.1) is 37.5 Å². The fraction of sp³-hybridized carbons (Fsp3) is 0.208. The van der Waals surface area contributed by atoms with Gasteiger partial charge in [-0.25, -0.2) is 26.8 Å². The van der Waals surface area contributed by atoms with Gasteiger partial charge in [-0.3, -0.25) is 9.44 Å². The molecule has 294 valence electrons. The Morgan fingerprint density at radius 3 is 1.17 bits per heavy atom. The fourth-order valence-electron chi connectivity index (χ4n) is 5.81. The third kappa shape index (κ3) is 10.2. The highest BCUT2D eigenvalue weighted by Gasteiger charge is 2.21. The topological polar surface area (TPSA) is 118 Å². The molecule has 8 nitrogen and oxygen atoms in total. The normalized spacial score (nSPS) is 11.8. The molecular weight excluding hydrogens is 761 g/mol. The van der Waals surface area contributed by atoms with Crippen LogP contribution >= 0.6 is 0 Å². The van der Waals surface area contributed by atoms with Crippen LogP contribution in [0.4, 0.5) is 11.4 Å². The van der Waals surface area contributed by atoms with Gasteiger partial charge in [-0.1, -0.05) is 113 Å². The summed E-state index contributed by atoms with van der Waals surface area (Å²) in [5.74, 6) is 12.6.